The van der Waals surface area contributed by atoms with Crippen LogP contribution in [-0.4, -0.2) is 51.5 Å². The molecule has 7 heteroatoms. The predicted molar refractivity (Wildman–Crippen MR) is 101 cm³/mol. The lowest BCUT2D eigenvalue weighted by Gasteiger charge is -2.32. The van der Waals surface area contributed by atoms with Crippen LogP contribution in [0.25, 0.3) is 22.4 Å². The monoisotopic (exact) mass is 350 g/mol. The number of nitrogens with zero attached hydrogens (tertiary/aromatic N) is 4. The number of nitrogens with one attached hydrogen (secondary N) is 2. The lowest BCUT2D eigenvalue weighted by molar-refractivity contribution is 0.441. The minimum atomic E-state index is 0.178. The van der Waals surface area contributed by atoms with Crippen molar-refractivity contribution in [2.24, 2.45) is 0 Å². The average molecular weight is 350 g/mol. The Labute approximate surface area is 152 Å². The fourth-order valence-corrected chi connectivity index (χ4v) is 3.36. The van der Waals surface area contributed by atoms with Crippen molar-refractivity contribution < 1.29 is 5.11 Å². The van der Waals surface area contributed by atoms with Crippen LogP contribution in [0, 0.1) is 0 Å². The van der Waals surface area contributed by atoms with Crippen molar-refractivity contribution >= 4 is 5.82 Å². The summed E-state index contributed by atoms with van der Waals surface area (Å²) in [4.78, 5) is 11.3. The SMILES string of the molecule is CN(c1cnc(-c2ccc(-c3cn[nH]c3)cc2O)cn1)C1CCNCC1. The molecule has 7 nitrogen and oxygen atoms in total. The van der Waals surface area contributed by atoms with Gasteiger partial charge in [-0.25, -0.2) is 4.98 Å². The summed E-state index contributed by atoms with van der Waals surface area (Å²) in [6.45, 7) is 2.08. The molecule has 0 aliphatic carbocycles. The zero-order valence-electron chi connectivity index (χ0n) is 14.7. The Morgan fingerprint density at radius 1 is 1.08 bits per heavy atom. The molecule has 1 aliphatic heterocycles. The van der Waals surface area contributed by atoms with Gasteiger partial charge < -0.3 is 15.3 Å². The van der Waals surface area contributed by atoms with Crippen LogP contribution in [0.1, 0.15) is 12.8 Å². The standard InChI is InChI=1S/C19H22N6O/c1-25(15-4-6-20-7-5-15)19-12-21-17(11-22-19)16-3-2-13(8-18(16)26)14-9-23-24-10-14/h2-3,8-12,15,20,26H,4-7H2,1H3,(H,23,24). The Bertz CT molecular complexity index is 856. The highest BCUT2D eigenvalue weighted by atomic mass is 16.3. The first-order chi connectivity index (χ1) is 12.7. The number of benzene rings is 1. The highest BCUT2D eigenvalue weighted by Crippen LogP contribution is 2.32. The van der Waals surface area contributed by atoms with Gasteiger partial charge in [0.25, 0.3) is 0 Å². The number of phenols is 1. The van der Waals surface area contributed by atoms with Gasteiger partial charge in [0.05, 0.1) is 24.3 Å². The molecule has 1 fully saturated rings. The quantitative estimate of drug-likeness (QED) is 0.670. The number of hydrogen-bond acceptors (Lipinski definition) is 6. The number of phenolic OH excluding ortho intramolecular Hbond substituents is 1. The van der Waals surface area contributed by atoms with Crippen molar-refractivity contribution in [3.05, 3.63) is 43.0 Å². The van der Waals surface area contributed by atoms with E-state index in [0.717, 1.165) is 42.9 Å². The van der Waals surface area contributed by atoms with E-state index >= 15 is 0 Å². The molecule has 0 amide bonds. The minimum absolute atomic E-state index is 0.178. The molecule has 1 aliphatic rings. The van der Waals surface area contributed by atoms with Gasteiger partial charge in [0.1, 0.15) is 11.6 Å². The largest absolute Gasteiger partial charge is 0.507 e. The van der Waals surface area contributed by atoms with E-state index in [1.165, 1.54) is 0 Å². The van der Waals surface area contributed by atoms with E-state index in [1.807, 2.05) is 12.1 Å². The molecule has 134 valence electrons. The molecule has 3 heterocycles. The summed E-state index contributed by atoms with van der Waals surface area (Å²) in [5, 5.41) is 20.5. The normalized spacial score (nSPS) is 15.1. The maximum Gasteiger partial charge on any atom is 0.147 e. The Morgan fingerprint density at radius 2 is 1.92 bits per heavy atom. The fraction of sp³-hybridized carbons (Fsp3) is 0.316. The van der Waals surface area contributed by atoms with Gasteiger partial charge in [0, 0.05) is 30.4 Å². The lowest BCUT2D eigenvalue weighted by atomic mass is 10.0. The van der Waals surface area contributed by atoms with Gasteiger partial charge in [-0.1, -0.05) is 6.07 Å². The van der Waals surface area contributed by atoms with Crippen molar-refractivity contribution in [2.75, 3.05) is 25.0 Å². The van der Waals surface area contributed by atoms with Crippen molar-refractivity contribution in [1.82, 2.24) is 25.5 Å². The lowest BCUT2D eigenvalue weighted by Crippen LogP contribution is -2.41. The second-order valence-corrected chi connectivity index (χ2v) is 6.57. The molecule has 0 saturated carbocycles. The molecule has 0 bridgehead atoms. The number of H-pyrrole nitrogens is 1. The summed E-state index contributed by atoms with van der Waals surface area (Å²) < 4.78 is 0. The summed E-state index contributed by atoms with van der Waals surface area (Å²) in [6.07, 6.45) is 9.23. The van der Waals surface area contributed by atoms with Crippen molar-refractivity contribution in [1.29, 1.82) is 0 Å². The fourth-order valence-electron chi connectivity index (χ4n) is 3.36. The Hall–Kier alpha value is -2.93. The molecule has 4 rings (SSSR count). The Kier molecular flexibility index (Phi) is 4.53. The zero-order chi connectivity index (χ0) is 17.9. The molecule has 1 saturated heterocycles. The number of rotatable bonds is 4. The van der Waals surface area contributed by atoms with E-state index in [-0.39, 0.29) is 5.75 Å². The summed E-state index contributed by atoms with van der Waals surface area (Å²) in [7, 11) is 2.07. The molecule has 1 aromatic carbocycles. The topological polar surface area (TPSA) is 90.0 Å². The van der Waals surface area contributed by atoms with Crippen LogP contribution < -0.4 is 10.2 Å². The van der Waals surface area contributed by atoms with Gasteiger partial charge in [0.2, 0.25) is 0 Å². The van der Waals surface area contributed by atoms with Gasteiger partial charge >= 0.3 is 0 Å². The number of aromatic nitrogens is 4. The van der Waals surface area contributed by atoms with E-state index in [1.54, 1.807) is 30.9 Å². The minimum Gasteiger partial charge on any atom is -0.507 e. The maximum atomic E-state index is 10.4. The van der Waals surface area contributed by atoms with Crippen LogP contribution in [-0.2, 0) is 0 Å². The highest BCUT2D eigenvalue weighted by molar-refractivity contribution is 5.73. The molecule has 2 aromatic heterocycles. The number of aromatic amines is 1. The van der Waals surface area contributed by atoms with Gasteiger partial charge in [-0.2, -0.15) is 5.10 Å². The summed E-state index contributed by atoms with van der Waals surface area (Å²) in [5.74, 6) is 1.03. The maximum absolute atomic E-state index is 10.4. The predicted octanol–water partition coefficient (Wildman–Crippen LogP) is 2.43. The highest BCUT2D eigenvalue weighted by Gasteiger charge is 2.19. The van der Waals surface area contributed by atoms with Gasteiger partial charge in [-0.05, 0) is 43.6 Å². The first-order valence-electron chi connectivity index (χ1n) is 8.80. The number of aromatic hydroxyl groups is 1. The molecule has 0 unspecified atom stereocenters. The second-order valence-electron chi connectivity index (χ2n) is 6.57. The third kappa shape index (κ3) is 3.25. The average Bonchev–Trinajstić information content (AvgIpc) is 3.23. The van der Waals surface area contributed by atoms with Crippen LogP contribution in [0.5, 0.6) is 5.75 Å². The van der Waals surface area contributed by atoms with Gasteiger partial charge in [-0.15, -0.1) is 0 Å². The number of hydrogen-bond donors (Lipinski definition) is 3. The summed E-state index contributed by atoms with van der Waals surface area (Å²) >= 11 is 0. The molecular weight excluding hydrogens is 328 g/mol. The first-order valence-corrected chi connectivity index (χ1v) is 8.80. The molecule has 26 heavy (non-hydrogen) atoms. The molecule has 0 radical (unpaired) electrons. The second kappa shape index (κ2) is 7.13. The van der Waals surface area contributed by atoms with E-state index < -0.39 is 0 Å². The van der Waals surface area contributed by atoms with E-state index in [0.29, 0.717) is 17.3 Å². The third-order valence-electron chi connectivity index (χ3n) is 4.96. The molecule has 0 spiro atoms. The first kappa shape index (κ1) is 16.5. The van der Waals surface area contributed by atoms with Crippen molar-refractivity contribution in [3.63, 3.8) is 0 Å². The third-order valence-corrected chi connectivity index (χ3v) is 4.96. The number of piperidine rings is 1. The smallest absolute Gasteiger partial charge is 0.147 e. The Balaban J connectivity index is 1.55. The van der Waals surface area contributed by atoms with E-state index in [9.17, 15) is 5.11 Å². The summed E-state index contributed by atoms with van der Waals surface area (Å²) in [5.41, 5.74) is 3.15. The van der Waals surface area contributed by atoms with Crippen molar-refractivity contribution in [2.45, 2.75) is 18.9 Å². The van der Waals surface area contributed by atoms with Crippen molar-refractivity contribution in [3.8, 4) is 28.1 Å². The van der Waals surface area contributed by atoms with Crippen LogP contribution in [0.4, 0.5) is 5.82 Å². The summed E-state index contributed by atoms with van der Waals surface area (Å²) in [6, 6.07) is 6.00. The molecule has 3 aromatic rings. The van der Waals surface area contributed by atoms with Crippen LogP contribution >= 0.6 is 0 Å². The molecular formula is C19H22N6O. The van der Waals surface area contributed by atoms with Gasteiger partial charge in [-0.3, -0.25) is 10.1 Å². The molecule has 3 N–H and O–H groups in total. The van der Waals surface area contributed by atoms with Crippen LogP contribution in [0.3, 0.4) is 0 Å². The van der Waals surface area contributed by atoms with Crippen LogP contribution in [0.15, 0.2) is 43.0 Å². The number of anilines is 1. The zero-order valence-corrected chi connectivity index (χ0v) is 14.7. The van der Waals surface area contributed by atoms with Gasteiger partial charge in [0.15, 0.2) is 0 Å². The van der Waals surface area contributed by atoms with E-state index in [4.69, 9.17) is 0 Å². The van der Waals surface area contributed by atoms with E-state index in [2.05, 4.69) is 37.4 Å². The Morgan fingerprint density at radius 3 is 2.58 bits per heavy atom. The van der Waals surface area contributed by atoms with Crippen LogP contribution in [0.2, 0.25) is 0 Å². The molecule has 0 atom stereocenters.